The molecule has 1 unspecified atom stereocenters. The number of rotatable bonds is 2. The Hall–Kier alpha value is -0.120. The van der Waals surface area contributed by atoms with Crippen LogP contribution in [-0.2, 0) is 0 Å². The van der Waals surface area contributed by atoms with E-state index < -0.39 is 0 Å². The van der Waals surface area contributed by atoms with E-state index in [0.29, 0.717) is 5.54 Å². The van der Waals surface area contributed by atoms with Crippen LogP contribution in [0.15, 0.2) is 0 Å². The summed E-state index contributed by atoms with van der Waals surface area (Å²) in [5.41, 5.74) is 6.81. The Morgan fingerprint density at radius 1 is 1.00 bits per heavy atom. The lowest BCUT2D eigenvalue weighted by molar-refractivity contribution is 0.0240. The highest BCUT2D eigenvalue weighted by molar-refractivity contribution is 5.02. The minimum Gasteiger partial charge on any atom is -0.329 e. The van der Waals surface area contributed by atoms with E-state index in [-0.39, 0.29) is 5.54 Å². The van der Waals surface area contributed by atoms with Crippen LogP contribution < -0.4 is 5.73 Å². The maximum atomic E-state index is 6.19. The van der Waals surface area contributed by atoms with E-state index >= 15 is 0 Å². The normalized spacial score (nSPS) is 36.0. The predicted molar refractivity (Wildman–Crippen MR) is 73.2 cm³/mol. The van der Waals surface area contributed by atoms with Gasteiger partial charge in [0.05, 0.1) is 0 Å². The van der Waals surface area contributed by atoms with Gasteiger partial charge < -0.3 is 10.6 Å². The summed E-state index contributed by atoms with van der Waals surface area (Å²) in [6.45, 7) is 9.29. The van der Waals surface area contributed by atoms with Crippen LogP contribution in [0.3, 0.4) is 0 Å². The largest absolute Gasteiger partial charge is 0.329 e. The third-order valence-electron chi connectivity index (χ3n) is 4.99. The Morgan fingerprint density at radius 3 is 2.29 bits per heavy atom. The van der Waals surface area contributed by atoms with Crippen LogP contribution >= 0.6 is 0 Å². The molecule has 100 valence electrons. The highest BCUT2D eigenvalue weighted by atomic mass is 15.3. The minimum atomic E-state index is 0.269. The van der Waals surface area contributed by atoms with Crippen LogP contribution in [0.2, 0.25) is 0 Å². The maximum Gasteiger partial charge on any atom is 0.0349 e. The van der Waals surface area contributed by atoms with E-state index in [1.54, 1.807) is 0 Å². The highest BCUT2D eigenvalue weighted by Crippen LogP contribution is 2.39. The summed E-state index contributed by atoms with van der Waals surface area (Å²) >= 11 is 0. The molecule has 0 bridgehead atoms. The average molecular weight is 239 g/mol. The molecule has 0 saturated carbocycles. The summed E-state index contributed by atoms with van der Waals surface area (Å²) in [5, 5.41) is 0. The standard InChI is InChI=1S/C14H29N3/c1-13(2)6-4-10-17(13)14(12-15)7-5-9-16(3)11-8-14/h4-12,15H2,1-3H3. The van der Waals surface area contributed by atoms with Crippen LogP contribution in [0.5, 0.6) is 0 Å². The summed E-state index contributed by atoms with van der Waals surface area (Å²) < 4.78 is 0. The quantitative estimate of drug-likeness (QED) is 0.796. The van der Waals surface area contributed by atoms with Gasteiger partial charge in [-0.05, 0) is 72.6 Å². The summed E-state index contributed by atoms with van der Waals surface area (Å²) in [5.74, 6) is 0. The van der Waals surface area contributed by atoms with Gasteiger partial charge in [0.15, 0.2) is 0 Å². The first kappa shape index (κ1) is 13.3. The van der Waals surface area contributed by atoms with Gasteiger partial charge in [-0.25, -0.2) is 0 Å². The molecule has 3 heteroatoms. The molecule has 0 aromatic carbocycles. The predicted octanol–water partition coefficient (Wildman–Crippen LogP) is 1.67. The molecule has 3 nitrogen and oxygen atoms in total. The van der Waals surface area contributed by atoms with Crippen LogP contribution in [0.1, 0.15) is 46.0 Å². The second-order valence-electron chi connectivity index (χ2n) is 6.65. The molecule has 0 spiro atoms. The molecule has 2 rings (SSSR count). The lowest BCUT2D eigenvalue weighted by atomic mass is 9.85. The zero-order valence-corrected chi connectivity index (χ0v) is 11.8. The molecule has 2 fully saturated rings. The first-order valence-corrected chi connectivity index (χ1v) is 7.17. The number of likely N-dealkylation sites (tertiary alicyclic amines) is 2. The van der Waals surface area contributed by atoms with Gasteiger partial charge in [0.25, 0.3) is 0 Å². The van der Waals surface area contributed by atoms with E-state index in [2.05, 4.69) is 30.7 Å². The first-order valence-electron chi connectivity index (χ1n) is 7.17. The van der Waals surface area contributed by atoms with Crippen molar-refractivity contribution in [2.45, 2.75) is 57.0 Å². The molecule has 2 heterocycles. The first-order chi connectivity index (χ1) is 8.00. The molecule has 0 amide bonds. The molecule has 0 aromatic heterocycles. The molecule has 2 aliphatic heterocycles. The Labute approximate surface area is 106 Å². The van der Waals surface area contributed by atoms with Crippen LogP contribution in [0, 0.1) is 0 Å². The Kier molecular flexibility index (Phi) is 3.81. The Bertz CT molecular complexity index is 264. The van der Waals surface area contributed by atoms with Gasteiger partial charge >= 0.3 is 0 Å². The summed E-state index contributed by atoms with van der Waals surface area (Å²) in [7, 11) is 2.24. The Balaban J connectivity index is 2.18. The molecule has 2 N–H and O–H groups in total. The minimum absolute atomic E-state index is 0.269. The van der Waals surface area contributed by atoms with Crippen molar-refractivity contribution in [3.63, 3.8) is 0 Å². The topological polar surface area (TPSA) is 32.5 Å². The maximum absolute atomic E-state index is 6.19. The van der Waals surface area contributed by atoms with Gasteiger partial charge in [-0.15, -0.1) is 0 Å². The molecule has 1 atom stereocenters. The summed E-state index contributed by atoms with van der Waals surface area (Å²) in [6, 6.07) is 0. The zero-order valence-electron chi connectivity index (χ0n) is 11.8. The lowest BCUT2D eigenvalue weighted by Crippen LogP contribution is -2.59. The number of hydrogen-bond acceptors (Lipinski definition) is 3. The third-order valence-corrected chi connectivity index (χ3v) is 4.99. The molecular formula is C14H29N3. The Morgan fingerprint density at radius 2 is 1.71 bits per heavy atom. The lowest BCUT2D eigenvalue weighted by Gasteiger charge is -2.48. The molecular weight excluding hydrogens is 210 g/mol. The fraction of sp³-hybridized carbons (Fsp3) is 1.00. The summed E-state index contributed by atoms with van der Waals surface area (Å²) in [4.78, 5) is 5.19. The van der Waals surface area contributed by atoms with Crippen molar-refractivity contribution in [1.29, 1.82) is 0 Å². The fourth-order valence-corrected chi connectivity index (χ4v) is 3.88. The van der Waals surface area contributed by atoms with Crippen LogP contribution in [-0.4, -0.2) is 54.1 Å². The number of nitrogens with two attached hydrogens (primary N) is 1. The van der Waals surface area contributed by atoms with E-state index in [4.69, 9.17) is 5.73 Å². The van der Waals surface area contributed by atoms with Gasteiger partial charge in [-0.3, -0.25) is 4.90 Å². The van der Waals surface area contributed by atoms with Crippen LogP contribution in [0.4, 0.5) is 0 Å². The van der Waals surface area contributed by atoms with Crippen molar-refractivity contribution >= 4 is 0 Å². The molecule has 2 aliphatic rings. The molecule has 17 heavy (non-hydrogen) atoms. The average Bonchev–Trinajstić information content (AvgIpc) is 2.53. The van der Waals surface area contributed by atoms with Crippen molar-refractivity contribution in [3.8, 4) is 0 Å². The van der Waals surface area contributed by atoms with Crippen molar-refractivity contribution in [1.82, 2.24) is 9.80 Å². The molecule has 0 aromatic rings. The van der Waals surface area contributed by atoms with Gasteiger partial charge in [0.2, 0.25) is 0 Å². The molecule has 0 radical (unpaired) electrons. The van der Waals surface area contributed by atoms with E-state index in [9.17, 15) is 0 Å². The SMILES string of the molecule is CN1CCCC(CN)(N2CCCC2(C)C)CC1. The van der Waals surface area contributed by atoms with Crippen molar-refractivity contribution < 1.29 is 0 Å². The monoisotopic (exact) mass is 239 g/mol. The van der Waals surface area contributed by atoms with Gasteiger partial charge in [0.1, 0.15) is 0 Å². The third kappa shape index (κ3) is 2.51. The fourth-order valence-electron chi connectivity index (χ4n) is 3.88. The van der Waals surface area contributed by atoms with Crippen molar-refractivity contribution in [2.75, 3.05) is 33.2 Å². The van der Waals surface area contributed by atoms with Crippen molar-refractivity contribution in [2.24, 2.45) is 5.73 Å². The zero-order chi connectivity index (χ0) is 12.5. The van der Waals surface area contributed by atoms with Crippen LogP contribution in [0.25, 0.3) is 0 Å². The molecule has 2 saturated heterocycles. The number of hydrogen-bond donors (Lipinski definition) is 1. The number of nitrogens with zero attached hydrogens (tertiary/aromatic N) is 2. The second-order valence-corrected chi connectivity index (χ2v) is 6.65. The smallest absolute Gasteiger partial charge is 0.0349 e. The van der Waals surface area contributed by atoms with E-state index in [1.807, 2.05) is 0 Å². The highest BCUT2D eigenvalue weighted by Gasteiger charge is 2.45. The molecule has 0 aliphatic carbocycles. The van der Waals surface area contributed by atoms with E-state index in [0.717, 1.165) is 6.54 Å². The van der Waals surface area contributed by atoms with E-state index in [1.165, 1.54) is 51.7 Å². The summed E-state index contributed by atoms with van der Waals surface area (Å²) in [6.07, 6.45) is 6.47. The van der Waals surface area contributed by atoms with Crippen molar-refractivity contribution in [3.05, 3.63) is 0 Å². The van der Waals surface area contributed by atoms with Gasteiger partial charge in [-0.2, -0.15) is 0 Å². The van der Waals surface area contributed by atoms with Gasteiger partial charge in [-0.1, -0.05) is 0 Å². The van der Waals surface area contributed by atoms with Gasteiger partial charge in [0, 0.05) is 17.6 Å². The second kappa shape index (κ2) is 4.87.